The number of nitrogens with one attached hydrogen (secondary N) is 1. The van der Waals surface area contributed by atoms with Gasteiger partial charge in [-0.15, -0.1) is 0 Å². The van der Waals surface area contributed by atoms with Gasteiger partial charge in [0.25, 0.3) is 0 Å². The van der Waals surface area contributed by atoms with Crippen molar-refractivity contribution in [1.82, 2.24) is 15.1 Å². The lowest BCUT2D eigenvalue weighted by molar-refractivity contribution is -0.124. The number of halogens is 3. The van der Waals surface area contributed by atoms with Crippen molar-refractivity contribution in [2.75, 3.05) is 11.5 Å². The Morgan fingerprint density at radius 3 is 2.61 bits per heavy atom. The minimum Gasteiger partial charge on any atom is -0.435 e. The summed E-state index contributed by atoms with van der Waals surface area (Å²) in [6.45, 7) is 2.78. The van der Waals surface area contributed by atoms with Crippen LogP contribution >= 0.6 is 0 Å². The van der Waals surface area contributed by atoms with E-state index in [0.717, 1.165) is 23.4 Å². The molecule has 1 N–H and O–H groups in total. The third kappa shape index (κ3) is 5.87. The smallest absolute Gasteiger partial charge is 0.387 e. The van der Waals surface area contributed by atoms with Crippen LogP contribution in [0.25, 0.3) is 11.3 Å². The van der Waals surface area contributed by atoms with Crippen molar-refractivity contribution < 1.29 is 31.1 Å². The molecule has 36 heavy (non-hydrogen) atoms. The molecule has 2 heterocycles. The number of alkyl halides is 2. The van der Waals surface area contributed by atoms with Gasteiger partial charge >= 0.3 is 6.61 Å². The van der Waals surface area contributed by atoms with Gasteiger partial charge in [0, 0.05) is 34.8 Å². The van der Waals surface area contributed by atoms with E-state index >= 15 is 0 Å². The van der Waals surface area contributed by atoms with Crippen LogP contribution in [0.3, 0.4) is 0 Å². The average Bonchev–Trinajstić information content (AvgIpc) is 3.16. The van der Waals surface area contributed by atoms with Crippen LogP contribution in [-0.2, 0) is 27.5 Å². The van der Waals surface area contributed by atoms with Crippen LogP contribution in [0.2, 0.25) is 0 Å². The Kier molecular flexibility index (Phi) is 7.41. The maximum Gasteiger partial charge on any atom is 0.387 e. The van der Waals surface area contributed by atoms with Crippen LogP contribution in [0.15, 0.2) is 18.2 Å². The summed E-state index contributed by atoms with van der Waals surface area (Å²) in [4.78, 5) is 12.9. The summed E-state index contributed by atoms with van der Waals surface area (Å²) in [5.74, 6) is -0.612. The van der Waals surface area contributed by atoms with Crippen molar-refractivity contribution >= 4 is 15.7 Å². The fraction of sp³-hybridized carbons (Fsp3) is 0.600. The molecule has 7 nitrogen and oxygen atoms in total. The lowest BCUT2D eigenvalue weighted by Gasteiger charge is -2.35. The highest BCUT2D eigenvalue weighted by Gasteiger charge is 2.36. The van der Waals surface area contributed by atoms with Gasteiger partial charge in [0.05, 0.1) is 17.2 Å². The van der Waals surface area contributed by atoms with Crippen LogP contribution in [0.1, 0.15) is 63.8 Å². The summed E-state index contributed by atoms with van der Waals surface area (Å²) in [5, 5.41) is 7.70. The number of nitrogens with zero attached hydrogens (tertiary/aromatic N) is 2. The predicted octanol–water partition coefficient (Wildman–Crippen LogP) is 4.45. The highest BCUT2D eigenvalue weighted by molar-refractivity contribution is 7.91. The van der Waals surface area contributed by atoms with E-state index in [4.69, 9.17) is 0 Å². The van der Waals surface area contributed by atoms with Gasteiger partial charge in [-0.1, -0.05) is 0 Å². The summed E-state index contributed by atoms with van der Waals surface area (Å²) in [5.41, 5.74) is 1.77. The summed E-state index contributed by atoms with van der Waals surface area (Å²) < 4.78 is 69.9. The average molecular weight is 528 g/mol. The van der Waals surface area contributed by atoms with Crippen LogP contribution in [0.5, 0.6) is 5.75 Å². The van der Waals surface area contributed by atoms with E-state index in [2.05, 4.69) is 15.2 Å². The Balaban J connectivity index is 1.52. The van der Waals surface area contributed by atoms with E-state index in [-0.39, 0.29) is 40.7 Å². The van der Waals surface area contributed by atoms with E-state index in [0.29, 0.717) is 44.2 Å². The van der Waals surface area contributed by atoms with Gasteiger partial charge in [-0.25, -0.2) is 12.8 Å². The van der Waals surface area contributed by atoms with E-state index in [1.807, 2.05) is 25.5 Å². The highest BCUT2D eigenvalue weighted by atomic mass is 32.2. The fourth-order valence-electron chi connectivity index (χ4n) is 5.15. The second kappa shape index (κ2) is 10.1. The maximum absolute atomic E-state index is 14.7. The van der Waals surface area contributed by atoms with Gasteiger partial charge in [0.2, 0.25) is 5.91 Å². The standard InChI is InChI=1S/C25H32F3N3O4S/c1-15(2)31-21-12-16(13-22(32)29-25(3)8-10-36(33,34)11-9-25)4-6-18(21)23(30-31)19-14-17(35-24(27)28)5-7-20(19)26/h5,7,14-16,24H,4,6,8-13H2,1-3H3,(H,29,32)/t16-/m1/s1. The SMILES string of the molecule is CC(C)n1nc(-c2cc(OC(F)F)ccc2F)c2c1C[C@H](CC(=O)NC1(C)CCS(=O)(=O)CC1)CC2. The number of fused-ring (bicyclic) bond motifs is 1. The molecule has 1 aliphatic carbocycles. The molecule has 1 aromatic heterocycles. The minimum absolute atomic E-state index is 0.0215. The molecule has 4 rings (SSSR count). The second-order valence-corrected chi connectivity index (χ2v) is 12.7. The monoisotopic (exact) mass is 527 g/mol. The number of aromatic nitrogens is 2. The summed E-state index contributed by atoms with van der Waals surface area (Å²) >= 11 is 0. The van der Waals surface area contributed by atoms with Crippen LogP contribution in [0.4, 0.5) is 13.2 Å². The molecule has 1 atom stereocenters. The first kappa shape index (κ1) is 26.5. The van der Waals surface area contributed by atoms with Crippen LogP contribution < -0.4 is 10.1 Å². The van der Waals surface area contributed by atoms with Crippen molar-refractivity contribution in [3.05, 3.63) is 35.3 Å². The lowest BCUT2D eigenvalue weighted by Crippen LogP contribution is -2.51. The van der Waals surface area contributed by atoms with Gasteiger partial charge in [0.15, 0.2) is 0 Å². The highest BCUT2D eigenvalue weighted by Crippen LogP contribution is 2.38. The molecule has 1 fully saturated rings. The number of benzene rings is 1. The number of carbonyl (C=O) groups is 1. The van der Waals surface area contributed by atoms with Crippen molar-refractivity contribution in [3.8, 4) is 17.0 Å². The van der Waals surface area contributed by atoms with Gasteiger partial charge in [0.1, 0.15) is 21.4 Å². The topological polar surface area (TPSA) is 90.3 Å². The molecule has 0 saturated carbocycles. The number of amides is 1. The molecule has 1 aliphatic heterocycles. The fourth-order valence-corrected chi connectivity index (χ4v) is 6.88. The van der Waals surface area contributed by atoms with Gasteiger partial charge < -0.3 is 10.1 Å². The van der Waals surface area contributed by atoms with Crippen molar-refractivity contribution in [1.29, 1.82) is 0 Å². The zero-order valence-corrected chi connectivity index (χ0v) is 21.5. The molecule has 198 valence electrons. The minimum atomic E-state index is -3.03. The zero-order valence-electron chi connectivity index (χ0n) is 20.7. The van der Waals surface area contributed by atoms with Crippen molar-refractivity contribution in [2.24, 2.45) is 5.92 Å². The number of hydrogen-bond acceptors (Lipinski definition) is 5. The molecule has 0 unspecified atom stereocenters. The molecule has 11 heteroatoms. The summed E-state index contributed by atoms with van der Waals surface area (Å²) in [6, 6.07) is 3.49. The normalized spacial score (nSPS) is 20.8. The van der Waals surface area contributed by atoms with E-state index < -0.39 is 27.8 Å². The zero-order chi connectivity index (χ0) is 26.3. The predicted molar refractivity (Wildman–Crippen MR) is 129 cm³/mol. The second-order valence-electron chi connectivity index (χ2n) is 10.4. The molecule has 2 aliphatic rings. The Hall–Kier alpha value is -2.56. The molecule has 0 spiro atoms. The Morgan fingerprint density at radius 2 is 1.97 bits per heavy atom. The Labute approximate surface area is 209 Å². The number of sulfone groups is 1. The maximum atomic E-state index is 14.7. The van der Waals surface area contributed by atoms with Crippen LogP contribution in [-0.4, -0.2) is 47.8 Å². The van der Waals surface area contributed by atoms with Crippen molar-refractivity contribution in [3.63, 3.8) is 0 Å². The van der Waals surface area contributed by atoms with Gasteiger partial charge in [-0.3, -0.25) is 9.48 Å². The van der Waals surface area contributed by atoms with E-state index in [1.54, 1.807) is 0 Å². The molecular formula is C25H32F3N3O4S. The Morgan fingerprint density at radius 1 is 1.28 bits per heavy atom. The first-order valence-corrected chi connectivity index (χ1v) is 14.0. The number of rotatable bonds is 7. The summed E-state index contributed by atoms with van der Waals surface area (Å²) in [6.07, 6.45) is 2.94. The number of ether oxygens (including phenoxy) is 1. The molecule has 1 aromatic carbocycles. The van der Waals surface area contributed by atoms with E-state index in [9.17, 15) is 26.4 Å². The third-order valence-corrected chi connectivity index (χ3v) is 8.81. The number of hydrogen-bond donors (Lipinski definition) is 1. The van der Waals surface area contributed by atoms with Gasteiger partial charge in [-0.2, -0.15) is 13.9 Å². The first-order chi connectivity index (χ1) is 16.9. The third-order valence-electron chi connectivity index (χ3n) is 7.16. The molecular weight excluding hydrogens is 495 g/mol. The van der Waals surface area contributed by atoms with Crippen molar-refractivity contribution in [2.45, 2.75) is 77.5 Å². The Bertz CT molecular complexity index is 1230. The number of carbonyl (C=O) groups excluding carboxylic acids is 1. The molecule has 0 radical (unpaired) electrons. The molecule has 1 amide bonds. The van der Waals surface area contributed by atoms with Gasteiger partial charge in [-0.05, 0) is 77.0 Å². The lowest BCUT2D eigenvalue weighted by atomic mass is 9.83. The van der Waals surface area contributed by atoms with E-state index in [1.165, 1.54) is 6.07 Å². The summed E-state index contributed by atoms with van der Waals surface area (Å²) in [7, 11) is -3.03. The molecule has 2 aromatic rings. The molecule has 0 bridgehead atoms. The first-order valence-electron chi connectivity index (χ1n) is 12.2. The quantitative estimate of drug-likeness (QED) is 0.575. The molecule has 1 saturated heterocycles. The largest absolute Gasteiger partial charge is 0.435 e. The van der Waals surface area contributed by atoms with Crippen LogP contribution in [0, 0.1) is 11.7 Å².